The van der Waals surface area contributed by atoms with E-state index in [1.165, 1.54) is 5.56 Å². The van der Waals surface area contributed by atoms with Crippen LogP contribution in [0.4, 0.5) is 5.69 Å². The van der Waals surface area contributed by atoms with Gasteiger partial charge < -0.3 is 14.8 Å². The first kappa shape index (κ1) is 14.7. The molecule has 1 heterocycles. The minimum Gasteiger partial charge on any atom is -0.495 e. The van der Waals surface area contributed by atoms with Gasteiger partial charge >= 0.3 is 0 Å². The van der Waals surface area contributed by atoms with Crippen LogP contribution in [-0.4, -0.2) is 25.4 Å². The largest absolute Gasteiger partial charge is 0.495 e. The van der Waals surface area contributed by atoms with Crippen LogP contribution in [0.15, 0.2) is 16.6 Å². The lowest BCUT2D eigenvalue weighted by atomic mass is 9.93. The molecule has 1 unspecified atom stereocenters. The third kappa shape index (κ3) is 3.63. The Morgan fingerprint density at radius 2 is 2.16 bits per heavy atom. The van der Waals surface area contributed by atoms with Gasteiger partial charge in [-0.2, -0.15) is 0 Å². The molecule has 1 aromatic carbocycles. The average molecular weight is 328 g/mol. The van der Waals surface area contributed by atoms with Gasteiger partial charge in [0.15, 0.2) is 0 Å². The van der Waals surface area contributed by atoms with Crippen molar-refractivity contribution < 1.29 is 9.47 Å². The van der Waals surface area contributed by atoms with Crippen LogP contribution < -0.4 is 10.1 Å². The highest BCUT2D eigenvalue weighted by Gasteiger charge is 2.29. The first-order valence-corrected chi connectivity index (χ1v) is 7.45. The summed E-state index contributed by atoms with van der Waals surface area (Å²) in [4.78, 5) is 0. The summed E-state index contributed by atoms with van der Waals surface area (Å²) in [5.41, 5.74) is 2.23. The summed E-state index contributed by atoms with van der Waals surface area (Å²) in [6.45, 7) is 7.20. The summed E-state index contributed by atoms with van der Waals surface area (Å²) in [5.74, 6) is 0.885. The molecule has 0 spiro atoms. The highest BCUT2D eigenvalue weighted by molar-refractivity contribution is 9.10. The number of benzene rings is 1. The summed E-state index contributed by atoms with van der Waals surface area (Å²) in [6.07, 6.45) is 2.04. The highest BCUT2D eigenvalue weighted by atomic mass is 79.9. The van der Waals surface area contributed by atoms with Crippen LogP contribution in [0.5, 0.6) is 5.75 Å². The maximum Gasteiger partial charge on any atom is 0.143 e. The number of aryl methyl sites for hydroxylation is 1. The normalized spacial score (nSPS) is 22.1. The van der Waals surface area contributed by atoms with Crippen molar-refractivity contribution in [2.75, 3.05) is 19.0 Å². The molecule has 1 fully saturated rings. The molecule has 1 aliphatic rings. The smallest absolute Gasteiger partial charge is 0.143 e. The molecule has 3 nitrogen and oxygen atoms in total. The number of hydrogen-bond acceptors (Lipinski definition) is 3. The molecule has 0 aliphatic carbocycles. The van der Waals surface area contributed by atoms with Crippen molar-refractivity contribution in [3.05, 3.63) is 22.2 Å². The van der Waals surface area contributed by atoms with Crippen molar-refractivity contribution in [3.63, 3.8) is 0 Å². The van der Waals surface area contributed by atoms with E-state index in [0.717, 1.165) is 35.4 Å². The first-order chi connectivity index (χ1) is 8.91. The van der Waals surface area contributed by atoms with Gasteiger partial charge in [0.1, 0.15) is 5.75 Å². The maximum atomic E-state index is 5.76. The van der Waals surface area contributed by atoms with E-state index in [0.29, 0.717) is 6.04 Å². The fraction of sp³-hybridized carbons (Fsp3) is 0.600. The molecule has 1 atom stereocenters. The minimum atomic E-state index is -0.0492. The molecule has 2 rings (SSSR count). The van der Waals surface area contributed by atoms with Gasteiger partial charge in [-0.1, -0.05) is 15.9 Å². The van der Waals surface area contributed by atoms with Crippen LogP contribution in [-0.2, 0) is 4.74 Å². The van der Waals surface area contributed by atoms with Crippen LogP contribution >= 0.6 is 15.9 Å². The van der Waals surface area contributed by atoms with Gasteiger partial charge in [-0.25, -0.2) is 0 Å². The monoisotopic (exact) mass is 327 g/mol. The summed E-state index contributed by atoms with van der Waals surface area (Å²) in [7, 11) is 1.71. The van der Waals surface area contributed by atoms with E-state index in [4.69, 9.17) is 9.47 Å². The van der Waals surface area contributed by atoms with Gasteiger partial charge in [0.25, 0.3) is 0 Å². The zero-order valence-electron chi connectivity index (χ0n) is 12.0. The standard InChI is InChI=1S/C15H22BrNO2/c1-10-7-11(16)8-13(18-4)14(10)17-12-5-6-19-15(2,3)9-12/h7-8,12,17H,5-6,9H2,1-4H3. The van der Waals surface area contributed by atoms with E-state index in [-0.39, 0.29) is 5.60 Å². The summed E-state index contributed by atoms with van der Waals surface area (Å²) in [6, 6.07) is 4.53. The van der Waals surface area contributed by atoms with Crippen LogP contribution in [0, 0.1) is 6.92 Å². The van der Waals surface area contributed by atoms with Crippen LogP contribution in [0.3, 0.4) is 0 Å². The van der Waals surface area contributed by atoms with Crippen LogP contribution in [0.1, 0.15) is 32.3 Å². The summed E-state index contributed by atoms with van der Waals surface area (Å²) < 4.78 is 12.3. The lowest BCUT2D eigenvalue weighted by Gasteiger charge is -2.36. The molecule has 1 aliphatic heterocycles. The van der Waals surface area contributed by atoms with Gasteiger partial charge in [0, 0.05) is 17.1 Å². The number of halogens is 1. The van der Waals surface area contributed by atoms with Crippen molar-refractivity contribution in [1.29, 1.82) is 0 Å². The number of hydrogen-bond donors (Lipinski definition) is 1. The summed E-state index contributed by atoms with van der Waals surface area (Å²) >= 11 is 3.50. The Bertz CT molecular complexity index is 460. The van der Waals surface area contributed by atoms with Gasteiger partial charge in [0.2, 0.25) is 0 Å². The SMILES string of the molecule is COc1cc(Br)cc(C)c1NC1CCOC(C)(C)C1. The molecule has 1 saturated heterocycles. The van der Waals surface area contributed by atoms with Crippen molar-refractivity contribution in [3.8, 4) is 5.75 Å². The van der Waals surface area contributed by atoms with Gasteiger partial charge in [-0.15, -0.1) is 0 Å². The van der Waals surface area contributed by atoms with E-state index in [9.17, 15) is 0 Å². The number of rotatable bonds is 3. The lowest BCUT2D eigenvalue weighted by molar-refractivity contribution is -0.0553. The van der Waals surface area contributed by atoms with Crippen molar-refractivity contribution in [1.82, 2.24) is 0 Å². The van der Waals surface area contributed by atoms with Gasteiger partial charge in [-0.05, 0) is 51.3 Å². The predicted molar refractivity (Wildman–Crippen MR) is 82.1 cm³/mol. The van der Waals surface area contributed by atoms with Gasteiger partial charge in [0.05, 0.1) is 18.4 Å². The number of anilines is 1. The fourth-order valence-corrected chi connectivity index (χ4v) is 3.17. The average Bonchev–Trinajstić information content (AvgIpc) is 2.31. The van der Waals surface area contributed by atoms with E-state index >= 15 is 0 Å². The quantitative estimate of drug-likeness (QED) is 0.905. The Morgan fingerprint density at radius 3 is 2.79 bits per heavy atom. The van der Waals surface area contributed by atoms with E-state index < -0.39 is 0 Å². The molecular weight excluding hydrogens is 306 g/mol. The molecule has 0 amide bonds. The second-order valence-electron chi connectivity index (χ2n) is 5.74. The fourth-order valence-electron chi connectivity index (χ4n) is 2.62. The zero-order chi connectivity index (χ0) is 14.0. The minimum absolute atomic E-state index is 0.0492. The van der Waals surface area contributed by atoms with E-state index in [1.807, 2.05) is 6.07 Å². The second kappa shape index (κ2) is 5.71. The highest BCUT2D eigenvalue weighted by Crippen LogP contribution is 2.35. The molecule has 4 heteroatoms. The number of ether oxygens (including phenoxy) is 2. The Morgan fingerprint density at radius 1 is 1.42 bits per heavy atom. The predicted octanol–water partition coefficient (Wildman–Crippen LogP) is 4.14. The van der Waals surface area contributed by atoms with Gasteiger partial charge in [-0.3, -0.25) is 0 Å². The molecule has 0 aromatic heterocycles. The van der Waals surface area contributed by atoms with E-state index in [1.54, 1.807) is 7.11 Å². The Labute approximate surface area is 123 Å². The lowest BCUT2D eigenvalue weighted by Crippen LogP contribution is -2.40. The molecule has 1 aromatic rings. The molecule has 0 bridgehead atoms. The molecule has 0 saturated carbocycles. The third-order valence-corrected chi connectivity index (χ3v) is 3.99. The Balaban J connectivity index is 2.19. The Kier molecular flexibility index (Phi) is 4.41. The van der Waals surface area contributed by atoms with Crippen molar-refractivity contribution in [2.45, 2.75) is 45.3 Å². The third-order valence-electron chi connectivity index (χ3n) is 3.53. The van der Waals surface area contributed by atoms with Crippen molar-refractivity contribution >= 4 is 21.6 Å². The molecule has 0 radical (unpaired) electrons. The number of methoxy groups -OCH3 is 1. The van der Waals surface area contributed by atoms with Crippen LogP contribution in [0.25, 0.3) is 0 Å². The molecule has 1 N–H and O–H groups in total. The Hall–Kier alpha value is -0.740. The second-order valence-corrected chi connectivity index (χ2v) is 6.66. The molecule has 19 heavy (non-hydrogen) atoms. The zero-order valence-corrected chi connectivity index (χ0v) is 13.6. The van der Waals surface area contributed by atoms with E-state index in [2.05, 4.69) is 48.1 Å². The molecule has 106 valence electrons. The molecular formula is C15H22BrNO2. The first-order valence-electron chi connectivity index (χ1n) is 6.66. The van der Waals surface area contributed by atoms with Crippen molar-refractivity contribution in [2.24, 2.45) is 0 Å². The maximum absolute atomic E-state index is 5.76. The number of nitrogens with one attached hydrogen (secondary N) is 1. The summed E-state index contributed by atoms with van der Waals surface area (Å²) in [5, 5.41) is 3.63. The van der Waals surface area contributed by atoms with Crippen LogP contribution in [0.2, 0.25) is 0 Å². The topological polar surface area (TPSA) is 30.5 Å².